The number of nitriles is 1. The third-order valence-corrected chi connectivity index (χ3v) is 4.52. The van der Waals surface area contributed by atoms with Gasteiger partial charge in [0.25, 0.3) is 0 Å². The zero-order chi connectivity index (χ0) is 14.6. The summed E-state index contributed by atoms with van der Waals surface area (Å²) in [5.41, 5.74) is -0.783. The fourth-order valence-electron chi connectivity index (χ4n) is 2.24. The van der Waals surface area contributed by atoms with Crippen LogP contribution in [0.15, 0.2) is 0 Å². The van der Waals surface area contributed by atoms with Gasteiger partial charge in [-0.25, -0.2) is 0 Å². The van der Waals surface area contributed by atoms with Gasteiger partial charge in [0.1, 0.15) is 5.54 Å². The number of amides is 1. The standard InChI is InChI=1S/C15H27N3O/c1-11(2)15(5,10-16)17-14(19)13(4)18-8-6-12(3)7-9-18/h11-13H,6-9H2,1-5H3,(H,17,19)/t13-,15+/m1/s1. The van der Waals surface area contributed by atoms with E-state index in [0.717, 1.165) is 31.8 Å². The second kappa shape index (κ2) is 6.38. The van der Waals surface area contributed by atoms with Gasteiger partial charge in [0.05, 0.1) is 12.1 Å². The highest BCUT2D eigenvalue weighted by Gasteiger charge is 2.33. The highest BCUT2D eigenvalue weighted by atomic mass is 16.2. The first kappa shape index (κ1) is 16.0. The highest BCUT2D eigenvalue weighted by Crippen LogP contribution is 2.20. The van der Waals surface area contributed by atoms with Crippen molar-refractivity contribution in [2.24, 2.45) is 11.8 Å². The van der Waals surface area contributed by atoms with Crippen LogP contribution in [0, 0.1) is 23.2 Å². The Labute approximate surface area is 117 Å². The van der Waals surface area contributed by atoms with Gasteiger partial charge < -0.3 is 5.32 Å². The summed E-state index contributed by atoms with van der Waals surface area (Å²) in [6.07, 6.45) is 2.30. The van der Waals surface area contributed by atoms with Crippen molar-refractivity contribution in [3.63, 3.8) is 0 Å². The molecule has 0 aliphatic carbocycles. The Hall–Kier alpha value is -1.08. The van der Waals surface area contributed by atoms with E-state index in [4.69, 9.17) is 0 Å². The van der Waals surface area contributed by atoms with Crippen LogP contribution in [0.25, 0.3) is 0 Å². The molecule has 0 aromatic carbocycles. The molecule has 1 aliphatic rings. The number of carbonyl (C=O) groups excluding carboxylic acids is 1. The third kappa shape index (κ3) is 3.94. The zero-order valence-corrected chi connectivity index (χ0v) is 12.9. The van der Waals surface area contributed by atoms with Gasteiger partial charge in [-0.15, -0.1) is 0 Å². The average molecular weight is 265 g/mol. The Bertz CT molecular complexity index is 353. The Morgan fingerprint density at radius 2 is 1.89 bits per heavy atom. The molecule has 108 valence electrons. The maximum Gasteiger partial charge on any atom is 0.238 e. The molecular formula is C15H27N3O. The van der Waals surface area contributed by atoms with Gasteiger partial charge in [-0.05, 0) is 51.6 Å². The summed E-state index contributed by atoms with van der Waals surface area (Å²) in [4.78, 5) is 14.5. The lowest BCUT2D eigenvalue weighted by molar-refractivity contribution is -0.128. The Morgan fingerprint density at radius 3 is 2.32 bits per heavy atom. The highest BCUT2D eigenvalue weighted by molar-refractivity contribution is 5.82. The molecule has 4 heteroatoms. The Kier molecular flexibility index (Phi) is 5.37. The van der Waals surface area contributed by atoms with Crippen LogP contribution in [0.2, 0.25) is 0 Å². The molecule has 1 rings (SSSR count). The summed E-state index contributed by atoms with van der Waals surface area (Å²) in [6.45, 7) is 11.8. The van der Waals surface area contributed by atoms with E-state index in [9.17, 15) is 10.1 Å². The number of piperidine rings is 1. The van der Waals surface area contributed by atoms with Gasteiger partial charge in [-0.3, -0.25) is 9.69 Å². The van der Waals surface area contributed by atoms with Gasteiger partial charge in [-0.2, -0.15) is 5.26 Å². The molecule has 0 radical (unpaired) electrons. The van der Waals surface area contributed by atoms with Crippen molar-refractivity contribution in [2.75, 3.05) is 13.1 Å². The first-order chi connectivity index (χ1) is 8.80. The van der Waals surface area contributed by atoms with Gasteiger partial charge >= 0.3 is 0 Å². The van der Waals surface area contributed by atoms with Gasteiger partial charge in [0.15, 0.2) is 0 Å². The SMILES string of the molecule is CC1CCN([C@H](C)C(=O)N[C@@](C)(C#N)C(C)C)CC1. The van der Waals surface area contributed by atoms with E-state index < -0.39 is 5.54 Å². The number of nitrogens with one attached hydrogen (secondary N) is 1. The first-order valence-corrected chi connectivity index (χ1v) is 7.27. The lowest BCUT2D eigenvalue weighted by atomic mass is 9.89. The lowest BCUT2D eigenvalue weighted by Crippen LogP contribution is -2.56. The Morgan fingerprint density at radius 1 is 1.37 bits per heavy atom. The fraction of sp³-hybridized carbons (Fsp3) is 0.867. The van der Waals surface area contributed by atoms with Crippen LogP contribution >= 0.6 is 0 Å². The number of hydrogen-bond acceptors (Lipinski definition) is 3. The van der Waals surface area contributed by atoms with Crippen molar-refractivity contribution < 1.29 is 4.79 Å². The molecule has 0 spiro atoms. The summed E-state index contributed by atoms with van der Waals surface area (Å²) in [5.74, 6) is 0.814. The molecule has 1 saturated heterocycles. The van der Waals surface area contributed by atoms with Crippen molar-refractivity contribution in [3.8, 4) is 6.07 Å². The van der Waals surface area contributed by atoms with Crippen molar-refractivity contribution >= 4 is 5.91 Å². The maximum absolute atomic E-state index is 12.3. The largest absolute Gasteiger partial charge is 0.336 e. The fourth-order valence-corrected chi connectivity index (χ4v) is 2.24. The lowest BCUT2D eigenvalue weighted by Gasteiger charge is -2.36. The molecule has 4 nitrogen and oxygen atoms in total. The molecule has 2 atom stereocenters. The zero-order valence-electron chi connectivity index (χ0n) is 12.9. The normalized spacial score (nSPS) is 22.6. The number of rotatable bonds is 4. The topological polar surface area (TPSA) is 56.1 Å². The van der Waals surface area contributed by atoms with Crippen LogP contribution in [0.3, 0.4) is 0 Å². The monoisotopic (exact) mass is 265 g/mol. The van der Waals surface area contributed by atoms with Crippen LogP contribution in [-0.4, -0.2) is 35.5 Å². The van der Waals surface area contributed by atoms with Crippen LogP contribution in [0.5, 0.6) is 0 Å². The molecule has 1 aliphatic heterocycles. The summed E-state index contributed by atoms with van der Waals surface area (Å²) in [7, 11) is 0. The van der Waals surface area contributed by atoms with E-state index in [1.54, 1.807) is 6.92 Å². The molecule has 1 amide bonds. The molecule has 0 saturated carbocycles. The second-order valence-corrected chi connectivity index (χ2v) is 6.35. The minimum atomic E-state index is -0.783. The molecule has 0 unspecified atom stereocenters. The van der Waals surface area contributed by atoms with Crippen molar-refractivity contribution in [1.82, 2.24) is 10.2 Å². The minimum Gasteiger partial charge on any atom is -0.336 e. The molecule has 1 N–H and O–H groups in total. The average Bonchev–Trinajstić information content (AvgIpc) is 2.38. The summed E-state index contributed by atoms with van der Waals surface area (Å²) < 4.78 is 0. The minimum absolute atomic E-state index is 0.0349. The van der Waals surface area contributed by atoms with Crippen molar-refractivity contribution in [1.29, 1.82) is 5.26 Å². The quantitative estimate of drug-likeness (QED) is 0.847. The van der Waals surface area contributed by atoms with Crippen molar-refractivity contribution in [3.05, 3.63) is 0 Å². The van der Waals surface area contributed by atoms with E-state index in [2.05, 4.69) is 23.2 Å². The van der Waals surface area contributed by atoms with E-state index in [1.165, 1.54) is 0 Å². The number of hydrogen-bond donors (Lipinski definition) is 1. The second-order valence-electron chi connectivity index (χ2n) is 6.35. The molecule has 0 bridgehead atoms. The van der Waals surface area contributed by atoms with Gasteiger partial charge in [0.2, 0.25) is 5.91 Å². The molecule has 1 fully saturated rings. The molecule has 0 aromatic rings. The smallest absolute Gasteiger partial charge is 0.238 e. The predicted molar refractivity (Wildman–Crippen MR) is 76.4 cm³/mol. The molecule has 19 heavy (non-hydrogen) atoms. The van der Waals surface area contributed by atoms with Gasteiger partial charge in [-0.1, -0.05) is 20.8 Å². The summed E-state index contributed by atoms with van der Waals surface area (Å²) in [6, 6.07) is 2.07. The van der Waals surface area contributed by atoms with E-state index in [1.807, 2.05) is 20.8 Å². The number of carbonyl (C=O) groups is 1. The van der Waals surface area contributed by atoms with Crippen LogP contribution < -0.4 is 5.32 Å². The predicted octanol–water partition coefficient (Wildman–Crippen LogP) is 2.16. The summed E-state index contributed by atoms with van der Waals surface area (Å²) in [5, 5.41) is 12.2. The van der Waals surface area contributed by atoms with Crippen LogP contribution in [0.1, 0.15) is 47.5 Å². The maximum atomic E-state index is 12.3. The molecule has 0 aromatic heterocycles. The van der Waals surface area contributed by atoms with E-state index in [-0.39, 0.29) is 17.9 Å². The van der Waals surface area contributed by atoms with Crippen molar-refractivity contribution in [2.45, 2.75) is 59.0 Å². The first-order valence-electron chi connectivity index (χ1n) is 7.27. The third-order valence-electron chi connectivity index (χ3n) is 4.52. The Balaban J connectivity index is 2.60. The van der Waals surface area contributed by atoms with Gasteiger partial charge in [0, 0.05) is 0 Å². The number of nitrogens with zero attached hydrogens (tertiary/aromatic N) is 2. The van der Waals surface area contributed by atoms with E-state index in [0.29, 0.717) is 0 Å². The van der Waals surface area contributed by atoms with E-state index >= 15 is 0 Å². The van der Waals surface area contributed by atoms with Crippen LogP contribution in [-0.2, 0) is 4.79 Å². The summed E-state index contributed by atoms with van der Waals surface area (Å²) >= 11 is 0. The van der Waals surface area contributed by atoms with Crippen LogP contribution in [0.4, 0.5) is 0 Å². The molecule has 1 heterocycles. The number of likely N-dealkylation sites (tertiary alicyclic amines) is 1. The molecular weight excluding hydrogens is 238 g/mol.